The Labute approximate surface area is 147 Å². The van der Waals surface area contributed by atoms with Gasteiger partial charge < -0.3 is 5.11 Å². The summed E-state index contributed by atoms with van der Waals surface area (Å²) in [5.41, 5.74) is -2.10. The lowest BCUT2D eigenvalue weighted by Gasteiger charge is -2.21. The van der Waals surface area contributed by atoms with Gasteiger partial charge in [-0.1, -0.05) is 0 Å². The molecule has 8 nitrogen and oxygen atoms in total. The van der Waals surface area contributed by atoms with E-state index in [9.17, 15) is 35.5 Å². The highest BCUT2D eigenvalue weighted by atomic mass is 32.2. The second kappa shape index (κ2) is 6.55. The van der Waals surface area contributed by atoms with Crippen molar-refractivity contribution >= 4 is 39.9 Å². The highest BCUT2D eigenvalue weighted by molar-refractivity contribution is 7.81. The molecule has 0 fully saturated rings. The number of hydrogen-bond acceptors (Lipinski definition) is 4. The average molecular weight is 408 g/mol. The first kappa shape index (κ1) is 18.7. The second-order valence-corrected chi connectivity index (χ2v) is 5.67. The molecule has 3 rings (SSSR count). The third-order valence-corrected chi connectivity index (χ3v) is 4.07. The van der Waals surface area contributed by atoms with Crippen molar-refractivity contribution in [2.75, 3.05) is 4.31 Å². The lowest BCUT2D eigenvalue weighted by atomic mass is 10.2. The van der Waals surface area contributed by atoms with Gasteiger partial charge >= 0.3 is 6.09 Å². The Bertz CT molecular complexity index is 1090. The maximum atomic E-state index is 14.1. The molecule has 27 heavy (non-hydrogen) atoms. The molecule has 0 saturated carbocycles. The van der Waals surface area contributed by atoms with Crippen LogP contribution in [-0.4, -0.2) is 34.5 Å². The zero-order chi connectivity index (χ0) is 20.0. The van der Waals surface area contributed by atoms with E-state index in [0.717, 1.165) is 12.3 Å². The maximum absolute atomic E-state index is 14.1. The molecule has 0 aliphatic rings. The predicted molar refractivity (Wildman–Crippen MR) is 80.1 cm³/mol. The Morgan fingerprint density at radius 2 is 1.59 bits per heavy atom. The van der Waals surface area contributed by atoms with E-state index in [1.165, 1.54) is 0 Å². The number of nitrogens with zero attached hydrogens (tertiary/aromatic N) is 4. The molecule has 1 atom stereocenters. The maximum Gasteiger partial charge on any atom is 0.417 e. The van der Waals surface area contributed by atoms with Crippen LogP contribution >= 0.6 is 0 Å². The molecule has 0 saturated heterocycles. The monoisotopic (exact) mass is 408 g/mol. The minimum absolute atomic E-state index is 0.174. The molecular weight excluding hydrogens is 403 g/mol. The average Bonchev–Trinajstić information content (AvgIpc) is 3.06. The molecule has 2 aromatic heterocycles. The van der Waals surface area contributed by atoms with Crippen LogP contribution in [0.15, 0.2) is 18.6 Å². The lowest BCUT2D eigenvalue weighted by molar-refractivity contribution is 0.197. The Morgan fingerprint density at radius 1 is 1.04 bits per heavy atom. The minimum Gasteiger partial charge on any atom is -0.464 e. The molecule has 0 aliphatic heterocycles. The van der Waals surface area contributed by atoms with E-state index in [4.69, 9.17) is 5.11 Å². The quantitative estimate of drug-likeness (QED) is 0.299. The topological polar surface area (TPSA) is 109 Å². The van der Waals surface area contributed by atoms with Gasteiger partial charge in [0.1, 0.15) is 12.0 Å². The van der Waals surface area contributed by atoms with E-state index in [2.05, 4.69) is 9.97 Å². The number of hydrogen-bond donors (Lipinski definition) is 2. The summed E-state index contributed by atoms with van der Waals surface area (Å²) in [4.78, 5) is 18.3. The Hall–Kier alpha value is -3.13. The minimum atomic E-state index is -3.36. The second-order valence-electron chi connectivity index (χ2n) is 4.85. The van der Waals surface area contributed by atoms with Crippen LogP contribution in [-0.2, 0) is 11.3 Å². The summed E-state index contributed by atoms with van der Waals surface area (Å²) in [6, 6.07) is 1.02. The van der Waals surface area contributed by atoms with Crippen molar-refractivity contribution < 1.29 is 40.6 Å². The van der Waals surface area contributed by atoms with Crippen LogP contribution in [0.5, 0.6) is 0 Å². The highest BCUT2D eigenvalue weighted by Crippen LogP contribution is 2.37. The van der Waals surface area contributed by atoms with Gasteiger partial charge in [0.15, 0.2) is 34.7 Å². The Kier molecular flexibility index (Phi) is 4.52. The molecule has 14 heteroatoms. The van der Waals surface area contributed by atoms with E-state index in [1.807, 2.05) is 0 Å². The Morgan fingerprint density at radius 3 is 2.11 bits per heavy atom. The SMILES string of the molecule is O=C(O)n1ccc2c(N(c3c(F)c(F)c(F)c(F)c3F)S(=O)O)ncnc21. The number of rotatable bonds is 3. The van der Waals surface area contributed by atoms with Gasteiger partial charge in [0.2, 0.25) is 5.82 Å². The molecule has 2 N–H and O–H groups in total. The van der Waals surface area contributed by atoms with Crippen LogP contribution in [0.3, 0.4) is 0 Å². The van der Waals surface area contributed by atoms with E-state index >= 15 is 0 Å². The standard InChI is InChI=1S/C13H5F5N4O4S/c14-5-6(15)8(17)10(9(18)7(5)16)22(27(25)26)12-4-1-2-21(13(23)24)11(4)19-3-20-12/h1-3H,(H,23,24)(H,25,26). The van der Waals surface area contributed by atoms with Gasteiger partial charge in [-0.3, -0.25) is 4.55 Å². The first-order chi connectivity index (χ1) is 12.7. The number of carboxylic acid groups (broad SMARTS) is 1. The number of aromatic nitrogens is 3. The van der Waals surface area contributed by atoms with Crippen molar-refractivity contribution in [3.8, 4) is 0 Å². The van der Waals surface area contributed by atoms with Gasteiger partial charge in [0.25, 0.3) is 11.3 Å². The van der Waals surface area contributed by atoms with Crippen molar-refractivity contribution in [1.29, 1.82) is 0 Å². The summed E-state index contributed by atoms with van der Waals surface area (Å²) in [7, 11) is 0. The summed E-state index contributed by atoms with van der Waals surface area (Å²) in [6.07, 6.45) is 0.119. The number of benzene rings is 1. The van der Waals surface area contributed by atoms with Crippen molar-refractivity contribution in [2.24, 2.45) is 0 Å². The van der Waals surface area contributed by atoms with E-state index in [-0.39, 0.29) is 15.3 Å². The zero-order valence-corrected chi connectivity index (χ0v) is 13.3. The molecule has 3 aromatic rings. The van der Waals surface area contributed by atoms with Crippen molar-refractivity contribution in [3.05, 3.63) is 47.7 Å². The van der Waals surface area contributed by atoms with Gasteiger partial charge in [0, 0.05) is 6.20 Å². The summed E-state index contributed by atoms with van der Waals surface area (Å²) < 4.78 is 89.9. The largest absolute Gasteiger partial charge is 0.464 e. The molecule has 0 bridgehead atoms. The molecule has 1 aromatic carbocycles. The number of carbonyl (C=O) groups is 1. The lowest BCUT2D eigenvalue weighted by Crippen LogP contribution is -2.25. The molecule has 1 unspecified atom stereocenters. The molecule has 2 heterocycles. The number of anilines is 2. The molecule has 0 spiro atoms. The molecule has 142 valence electrons. The van der Waals surface area contributed by atoms with Crippen LogP contribution in [0.2, 0.25) is 0 Å². The summed E-state index contributed by atoms with van der Waals surface area (Å²) in [6.45, 7) is 0. The summed E-state index contributed by atoms with van der Waals surface area (Å²) in [5.74, 6) is -12.6. The highest BCUT2D eigenvalue weighted by Gasteiger charge is 2.34. The smallest absolute Gasteiger partial charge is 0.417 e. The van der Waals surface area contributed by atoms with Crippen LogP contribution in [0.4, 0.5) is 38.3 Å². The number of fused-ring (bicyclic) bond motifs is 1. The molecular formula is C13H5F5N4O4S. The van der Waals surface area contributed by atoms with Gasteiger partial charge in [-0.15, -0.1) is 0 Å². The molecule has 0 aliphatic carbocycles. The van der Waals surface area contributed by atoms with Crippen LogP contribution in [0.1, 0.15) is 0 Å². The summed E-state index contributed by atoms with van der Waals surface area (Å²) in [5, 5.41) is 8.74. The van der Waals surface area contributed by atoms with Gasteiger partial charge in [-0.05, 0) is 6.07 Å². The molecule has 0 amide bonds. The van der Waals surface area contributed by atoms with Crippen molar-refractivity contribution in [3.63, 3.8) is 0 Å². The third-order valence-electron chi connectivity index (χ3n) is 3.40. The fourth-order valence-corrected chi connectivity index (χ4v) is 2.89. The first-order valence-corrected chi connectivity index (χ1v) is 7.71. The van der Waals surface area contributed by atoms with Crippen LogP contribution in [0, 0.1) is 29.1 Å². The van der Waals surface area contributed by atoms with Crippen LogP contribution < -0.4 is 4.31 Å². The molecule has 0 radical (unpaired) electrons. The van der Waals surface area contributed by atoms with Gasteiger partial charge in [-0.25, -0.2) is 49.8 Å². The van der Waals surface area contributed by atoms with E-state index < -0.39 is 58.0 Å². The first-order valence-electron chi connectivity index (χ1n) is 6.64. The van der Waals surface area contributed by atoms with Crippen molar-refractivity contribution in [1.82, 2.24) is 14.5 Å². The normalized spacial score (nSPS) is 12.4. The predicted octanol–water partition coefficient (Wildman–Crippen LogP) is 2.93. The fraction of sp³-hybridized carbons (Fsp3) is 0. The third kappa shape index (κ3) is 2.78. The summed E-state index contributed by atoms with van der Waals surface area (Å²) >= 11 is -3.36. The van der Waals surface area contributed by atoms with Gasteiger partial charge in [0.05, 0.1) is 5.39 Å². The number of halogens is 5. The van der Waals surface area contributed by atoms with E-state index in [0.29, 0.717) is 10.9 Å². The van der Waals surface area contributed by atoms with E-state index in [1.54, 1.807) is 0 Å². The zero-order valence-electron chi connectivity index (χ0n) is 12.5. The van der Waals surface area contributed by atoms with Crippen molar-refractivity contribution in [2.45, 2.75) is 0 Å². The van der Waals surface area contributed by atoms with Crippen LogP contribution in [0.25, 0.3) is 11.0 Å². The Balaban J connectivity index is 2.37. The fourth-order valence-electron chi connectivity index (χ4n) is 2.28. The van der Waals surface area contributed by atoms with Gasteiger partial charge in [-0.2, -0.15) is 0 Å².